The Morgan fingerprint density at radius 3 is 2.80 bits per heavy atom. The zero-order chi connectivity index (χ0) is 10.8. The van der Waals surface area contributed by atoms with Gasteiger partial charge in [0, 0.05) is 16.5 Å². The third-order valence-electron chi connectivity index (χ3n) is 1.98. The Morgan fingerprint density at radius 2 is 2.20 bits per heavy atom. The SMILES string of the molecule is CSc1ccc(Cl)c(-c2cc(N)on2)c1. The molecule has 0 spiro atoms. The fraction of sp³-hybridized carbons (Fsp3) is 0.100. The van der Waals surface area contributed by atoms with Crippen LogP contribution in [0.3, 0.4) is 0 Å². The van der Waals surface area contributed by atoms with Crippen molar-refractivity contribution in [1.82, 2.24) is 5.16 Å². The number of nitrogen functional groups attached to an aromatic ring is 1. The smallest absolute Gasteiger partial charge is 0.222 e. The van der Waals surface area contributed by atoms with E-state index < -0.39 is 0 Å². The van der Waals surface area contributed by atoms with Crippen LogP contribution in [0.1, 0.15) is 0 Å². The monoisotopic (exact) mass is 240 g/mol. The number of benzene rings is 1. The summed E-state index contributed by atoms with van der Waals surface area (Å²) in [5, 5.41) is 4.47. The van der Waals surface area contributed by atoms with Crippen LogP contribution >= 0.6 is 23.4 Å². The highest BCUT2D eigenvalue weighted by molar-refractivity contribution is 7.98. The minimum Gasteiger partial charge on any atom is -0.368 e. The van der Waals surface area contributed by atoms with Crippen LogP contribution in [0.15, 0.2) is 33.7 Å². The van der Waals surface area contributed by atoms with Crippen molar-refractivity contribution in [1.29, 1.82) is 0 Å². The van der Waals surface area contributed by atoms with E-state index in [-0.39, 0.29) is 5.88 Å². The summed E-state index contributed by atoms with van der Waals surface area (Å²) in [6.07, 6.45) is 2.00. The number of aromatic nitrogens is 1. The van der Waals surface area contributed by atoms with E-state index in [1.165, 1.54) is 0 Å². The van der Waals surface area contributed by atoms with Gasteiger partial charge in [-0.25, -0.2) is 0 Å². The highest BCUT2D eigenvalue weighted by atomic mass is 35.5. The lowest BCUT2D eigenvalue weighted by molar-refractivity contribution is 0.439. The number of nitrogens with zero attached hydrogens (tertiary/aromatic N) is 1. The molecule has 0 aliphatic carbocycles. The highest BCUT2D eigenvalue weighted by Gasteiger charge is 2.09. The quantitative estimate of drug-likeness (QED) is 0.819. The van der Waals surface area contributed by atoms with Gasteiger partial charge in [-0.15, -0.1) is 11.8 Å². The van der Waals surface area contributed by atoms with Gasteiger partial charge in [-0.3, -0.25) is 0 Å². The Kier molecular flexibility index (Phi) is 2.88. The number of halogens is 1. The predicted molar refractivity (Wildman–Crippen MR) is 63.1 cm³/mol. The summed E-state index contributed by atoms with van der Waals surface area (Å²) in [6.45, 7) is 0. The van der Waals surface area contributed by atoms with Crippen LogP contribution in [-0.4, -0.2) is 11.4 Å². The van der Waals surface area contributed by atoms with Crippen molar-refractivity contribution in [2.24, 2.45) is 0 Å². The molecule has 1 heterocycles. The van der Waals surface area contributed by atoms with Crippen LogP contribution in [0, 0.1) is 0 Å². The summed E-state index contributed by atoms with van der Waals surface area (Å²) in [5.74, 6) is 0.288. The highest BCUT2D eigenvalue weighted by Crippen LogP contribution is 2.31. The van der Waals surface area contributed by atoms with E-state index in [1.54, 1.807) is 17.8 Å². The Labute approximate surface area is 96.6 Å². The first-order chi connectivity index (χ1) is 7.20. The van der Waals surface area contributed by atoms with Crippen LogP contribution in [-0.2, 0) is 0 Å². The van der Waals surface area contributed by atoms with Gasteiger partial charge in [0.05, 0.1) is 5.02 Å². The molecule has 0 aliphatic rings. The molecule has 0 saturated carbocycles. The maximum Gasteiger partial charge on any atom is 0.222 e. The summed E-state index contributed by atoms with van der Waals surface area (Å²) in [4.78, 5) is 1.12. The first-order valence-corrected chi connectivity index (χ1v) is 5.87. The van der Waals surface area contributed by atoms with Gasteiger partial charge in [0.1, 0.15) is 5.69 Å². The molecule has 15 heavy (non-hydrogen) atoms. The van der Waals surface area contributed by atoms with E-state index in [4.69, 9.17) is 21.9 Å². The number of hydrogen-bond donors (Lipinski definition) is 1. The second-order valence-corrected chi connectivity index (χ2v) is 4.25. The number of hydrogen-bond acceptors (Lipinski definition) is 4. The Bertz CT molecular complexity index is 484. The number of rotatable bonds is 2. The summed E-state index contributed by atoms with van der Waals surface area (Å²) in [6, 6.07) is 7.42. The molecular weight excluding hydrogens is 232 g/mol. The van der Waals surface area contributed by atoms with Gasteiger partial charge in [0.15, 0.2) is 0 Å². The van der Waals surface area contributed by atoms with Gasteiger partial charge >= 0.3 is 0 Å². The summed E-state index contributed by atoms with van der Waals surface area (Å²) in [7, 11) is 0. The Balaban J connectivity index is 2.51. The molecule has 5 heteroatoms. The molecule has 0 saturated heterocycles. The predicted octanol–water partition coefficient (Wildman–Crippen LogP) is 3.30. The van der Waals surface area contributed by atoms with Crippen LogP contribution in [0.25, 0.3) is 11.3 Å². The topological polar surface area (TPSA) is 52.0 Å². The van der Waals surface area contributed by atoms with Crippen molar-refractivity contribution >= 4 is 29.2 Å². The Morgan fingerprint density at radius 1 is 1.40 bits per heavy atom. The van der Waals surface area contributed by atoms with Crippen LogP contribution < -0.4 is 5.73 Å². The normalized spacial score (nSPS) is 10.5. The van der Waals surface area contributed by atoms with Crippen molar-refractivity contribution < 1.29 is 4.52 Å². The van der Waals surface area contributed by atoms with E-state index in [2.05, 4.69) is 5.16 Å². The van der Waals surface area contributed by atoms with Crippen molar-refractivity contribution in [2.45, 2.75) is 4.90 Å². The van der Waals surface area contributed by atoms with Gasteiger partial charge in [-0.1, -0.05) is 16.8 Å². The molecule has 78 valence electrons. The van der Waals surface area contributed by atoms with Crippen molar-refractivity contribution in [2.75, 3.05) is 12.0 Å². The molecule has 0 fully saturated rings. The molecule has 2 N–H and O–H groups in total. The van der Waals surface area contributed by atoms with Crippen LogP contribution in [0.5, 0.6) is 0 Å². The van der Waals surface area contributed by atoms with E-state index in [0.717, 1.165) is 10.5 Å². The lowest BCUT2D eigenvalue weighted by atomic mass is 10.1. The fourth-order valence-electron chi connectivity index (χ4n) is 1.24. The zero-order valence-corrected chi connectivity index (χ0v) is 9.60. The van der Waals surface area contributed by atoms with E-state index in [9.17, 15) is 0 Å². The lowest BCUT2D eigenvalue weighted by Crippen LogP contribution is -1.81. The van der Waals surface area contributed by atoms with E-state index in [1.807, 2.05) is 24.5 Å². The molecular formula is C10H9ClN2OS. The largest absolute Gasteiger partial charge is 0.368 e. The molecule has 0 amide bonds. The fourth-order valence-corrected chi connectivity index (χ4v) is 1.90. The summed E-state index contributed by atoms with van der Waals surface area (Å²) >= 11 is 7.71. The van der Waals surface area contributed by atoms with Crippen LogP contribution in [0.2, 0.25) is 5.02 Å². The van der Waals surface area contributed by atoms with Gasteiger partial charge < -0.3 is 10.3 Å². The third-order valence-corrected chi connectivity index (χ3v) is 3.03. The Hall–Kier alpha value is -1.13. The zero-order valence-electron chi connectivity index (χ0n) is 8.03. The van der Waals surface area contributed by atoms with Gasteiger partial charge in [-0.05, 0) is 24.5 Å². The number of anilines is 1. The van der Waals surface area contributed by atoms with Crippen LogP contribution in [0.4, 0.5) is 5.88 Å². The molecule has 0 aliphatic heterocycles. The average Bonchev–Trinajstić information content (AvgIpc) is 2.65. The molecule has 3 nitrogen and oxygen atoms in total. The summed E-state index contributed by atoms with van der Waals surface area (Å²) < 4.78 is 4.81. The standard InChI is InChI=1S/C10H9ClN2OS/c1-15-6-2-3-8(11)7(4-6)9-5-10(12)14-13-9/h2-5H,12H2,1H3. The molecule has 0 radical (unpaired) electrons. The van der Waals surface area contributed by atoms with Gasteiger partial charge in [0.2, 0.25) is 5.88 Å². The molecule has 1 aromatic carbocycles. The van der Waals surface area contributed by atoms with Crippen molar-refractivity contribution in [3.05, 3.63) is 29.3 Å². The molecule has 0 bridgehead atoms. The minimum absolute atomic E-state index is 0.288. The summed E-state index contributed by atoms with van der Waals surface area (Å²) in [5.41, 5.74) is 6.96. The minimum atomic E-state index is 0.288. The van der Waals surface area contributed by atoms with Crippen molar-refractivity contribution in [3.8, 4) is 11.3 Å². The van der Waals surface area contributed by atoms with E-state index >= 15 is 0 Å². The number of thioether (sulfide) groups is 1. The average molecular weight is 241 g/mol. The molecule has 2 aromatic rings. The van der Waals surface area contributed by atoms with Gasteiger partial charge in [0.25, 0.3) is 0 Å². The second kappa shape index (κ2) is 4.16. The van der Waals surface area contributed by atoms with Crippen molar-refractivity contribution in [3.63, 3.8) is 0 Å². The molecule has 0 atom stereocenters. The maximum absolute atomic E-state index is 6.07. The maximum atomic E-state index is 6.07. The molecule has 0 unspecified atom stereocenters. The van der Waals surface area contributed by atoms with Gasteiger partial charge in [-0.2, -0.15) is 0 Å². The molecule has 1 aromatic heterocycles. The number of nitrogens with two attached hydrogens (primary N) is 1. The first-order valence-electron chi connectivity index (χ1n) is 4.27. The second-order valence-electron chi connectivity index (χ2n) is 2.96. The lowest BCUT2D eigenvalue weighted by Gasteiger charge is -2.02. The third kappa shape index (κ3) is 2.11. The first kappa shape index (κ1) is 10.4. The molecule has 2 rings (SSSR count). The van der Waals surface area contributed by atoms with E-state index in [0.29, 0.717) is 10.7 Å².